The molecule has 0 aliphatic rings. The Kier molecular flexibility index (Phi) is 4.09. The van der Waals surface area contributed by atoms with Gasteiger partial charge in [0.1, 0.15) is 11.6 Å². The molecule has 2 nitrogen and oxygen atoms in total. The second-order valence-electron chi connectivity index (χ2n) is 3.60. The third-order valence-corrected chi connectivity index (χ3v) is 3.04. The van der Waals surface area contributed by atoms with Crippen molar-refractivity contribution in [3.63, 3.8) is 0 Å². The smallest absolute Gasteiger partial charge is 0.140 e. The van der Waals surface area contributed by atoms with Gasteiger partial charge in [0.05, 0.1) is 4.47 Å². The third kappa shape index (κ3) is 3.27. The quantitative estimate of drug-likeness (QED) is 0.931. The molecule has 1 aromatic heterocycles. The average Bonchev–Trinajstić information content (AvgIpc) is 2.34. The van der Waals surface area contributed by atoms with Crippen molar-refractivity contribution in [1.29, 1.82) is 0 Å². The lowest BCUT2D eigenvalue weighted by molar-refractivity contribution is 0.610. The molecule has 17 heavy (non-hydrogen) atoms. The Hall–Kier alpha value is -1.42. The molecule has 2 rings (SSSR count). The predicted molar refractivity (Wildman–Crippen MR) is 70.5 cm³/mol. The molecule has 88 valence electrons. The summed E-state index contributed by atoms with van der Waals surface area (Å²) in [7, 11) is 0. The van der Waals surface area contributed by atoms with E-state index in [4.69, 9.17) is 0 Å². The van der Waals surface area contributed by atoms with Gasteiger partial charge in [0, 0.05) is 12.7 Å². The zero-order valence-electron chi connectivity index (χ0n) is 9.16. The van der Waals surface area contributed by atoms with Gasteiger partial charge in [0.15, 0.2) is 0 Å². The summed E-state index contributed by atoms with van der Waals surface area (Å²) in [6.45, 7) is 0.649. The van der Waals surface area contributed by atoms with Crippen LogP contribution in [0.2, 0.25) is 0 Å². The highest BCUT2D eigenvalue weighted by molar-refractivity contribution is 9.10. The molecule has 0 radical (unpaired) electrons. The van der Waals surface area contributed by atoms with Gasteiger partial charge in [0.2, 0.25) is 0 Å². The van der Waals surface area contributed by atoms with Crippen molar-refractivity contribution in [3.05, 3.63) is 58.4 Å². The lowest BCUT2D eigenvalue weighted by atomic mass is 10.1. The van der Waals surface area contributed by atoms with E-state index in [0.29, 0.717) is 18.5 Å². The summed E-state index contributed by atoms with van der Waals surface area (Å²) in [5.74, 6) is 0.623. The van der Waals surface area contributed by atoms with Gasteiger partial charge >= 0.3 is 0 Å². The fourth-order valence-corrected chi connectivity index (χ4v) is 1.93. The molecule has 0 unspecified atom stereocenters. The number of halogens is 2. The number of nitrogens with zero attached hydrogens (tertiary/aromatic N) is 1. The number of aromatic nitrogens is 1. The van der Waals surface area contributed by atoms with Crippen LogP contribution < -0.4 is 5.32 Å². The first-order valence-electron chi connectivity index (χ1n) is 5.35. The van der Waals surface area contributed by atoms with Crippen LogP contribution in [0.25, 0.3) is 0 Å². The molecule has 0 spiro atoms. The summed E-state index contributed by atoms with van der Waals surface area (Å²) in [5.41, 5.74) is 0.715. The van der Waals surface area contributed by atoms with Gasteiger partial charge in [-0.3, -0.25) is 0 Å². The lowest BCUT2D eigenvalue weighted by Crippen LogP contribution is -2.07. The zero-order chi connectivity index (χ0) is 12.1. The Morgan fingerprint density at radius 3 is 2.76 bits per heavy atom. The second-order valence-corrected chi connectivity index (χ2v) is 4.46. The summed E-state index contributed by atoms with van der Waals surface area (Å²) in [5, 5.41) is 3.16. The molecular formula is C13H12BrFN2. The van der Waals surface area contributed by atoms with Gasteiger partial charge in [-0.2, -0.15) is 0 Å². The highest BCUT2D eigenvalue weighted by Gasteiger charge is 2.02. The molecule has 0 amide bonds. The first kappa shape index (κ1) is 12.0. The second kappa shape index (κ2) is 5.77. The van der Waals surface area contributed by atoms with Gasteiger partial charge in [-0.15, -0.1) is 0 Å². The van der Waals surface area contributed by atoms with Crippen molar-refractivity contribution in [2.24, 2.45) is 0 Å². The molecule has 0 fully saturated rings. The van der Waals surface area contributed by atoms with Crippen LogP contribution in [0.5, 0.6) is 0 Å². The molecule has 4 heteroatoms. The van der Waals surface area contributed by atoms with Crippen molar-refractivity contribution in [3.8, 4) is 0 Å². The number of anilines is 1. The summed E-state index contributed by atoms with van der Waals surface area (Å²) < 4.78 is 14.3. The van der Waals surface area contributed by atoms with Gasteiger partial charge in [-0.05, 0) is 46.1 Å². The zero-order valence-corrected chi connectivity index (χ0v) is 10.7. The Morgan fingerprint density at radius 2 is 2.00 bits per heavy atom. The van der Waals surface area contributed by atoms with Crippen molar-refractivity contribution in [1.82, 2.24) is 4.98 Å². The third-order valence-electron chi connectivity index (χ3n) is 2.40. The molecule has 0 bridgehead atoms. The summed E-state index contributed by atoms with van der Waals surface area (Å²) in [6, 6.07) is 10.6. The van der Waals surface area contributed by atoms with Crippen LogP contribution in [0.1, 0.15) is 5.56 Å². The Morgan fingerprint density at radius 1 is 1.18 bits per heavy atom. The molecule has 0 saturated carbocycles. The maximum atomic E-state index is 13.3. The number of rotatable bonds is 4. The molecule has 0 aliphatic heterocycles. The van der Waals surface area contributed by atoms with Crippen molar-refractivity contribution in [2.75, 3.05) is 11.9 Å². The molecule has 0 atom stereocenters. The Balaban J connectivity index is 1.93. The van der Waals surface area contributed by atoms with Crippen LogP contribution in [-0.2, 0) is 6.42 Å². The molecule has 1 heterocycles. The SMILES string of the molecule is Fc1ccccc1CCNc1ncccc1Br. The molecule has 1 N–H and O–H groups in total. The van der Waals surface area contributed by atoms with Gasteiger partial charge < -0.3 is 5.32 Å². The van der Waals surface area contributed by atoms with Crippen molar-refractivity contribution in [2.45, 2.75) is 6.42 Å². The predicted octanol–water partition coefficient (Wildman–Crippen LogP) is 3.64. The first-order chi connectivity index (χ1) is 8.27. The van der Waals surface area contributed by atoms with Crippen LogP contribution in [0.4, 0.5) is 10.2 Å². The number of hydrogen-bond donors (Lipinski definition) is 1. The minimum absolute atomic E-state index is 0.158. The van der Waals surface area contributed by atoms with Gasteiger partial charge in [-0.1, -0.05) is 18.2 Å². The fraction of sp³-hybridized carbons (Fsp3) is 0.154. The summed E-state index contributed by atoms with van der Waals surface area (Å²) in [4.78, 5) is 4.18. The van der Waals surface area contributed by atoms with E-state index >= 15 is 0 Å². The topological polar surface area (TPSA) is 24.9 Å². The van der Waals surface area contributed by atoms with E-state index in [2.05, 4.69) is 26.2 Å². The summed E-state index contributed by atoms with van der Waals surface area (Å²) in [6.07, 6.45) is 2.35. The van der Waals surface area contributed by atoms with E-state index in [1.165, 1.54) is 6.07 Å². The van der Waals surface area contributed by atoms with E-state index in [1.807, 2.05) is 18.2 Å². The van der Waals surface area contributed by atoms with E-state index in [9.17, 15) is 4.39 Å². The maximum absolute atomic E-state index is 13.3. The van der Waals surface area contributed by atoms with E-state index < -0.39 is 0 Å². The fourth-order valence-electron chi connectivity index (χ4n) is 1.53. The normalized spacial score (nSPS) is 10.2. The van der Waals surface area contributed by atoms with Gasteiger partial charge in [0.25, 0.3) is 0 Å². The lowest BCUT2D eigenvalue weighted by Gasteiger charge is -2.07. The van der Waals surface area contributed by atoms with Gasteiger partial charge in [-0.25, -0.2) is 9.37 Å². The van der Waals surface area contributed by atoms with Crippen LogP contribution in [0, 0.1) is 5.82 Å². The van der Waals surface area contributed by atoms with E-state index in [-0.39, 0.29) is 5.82 Å². The Bertz CT molecular complexity index is 457. The van der Waals surface area contributed by atoms with E-state index in [0.717, 1.165) is 10.3 Å². The average molecular weight is 295 g/mol. The van der Waals surface area contributed by atoms with Crippen LogP contribution in [0.15, 0.2) is 47.1 Å². The number of benzene rings is 1. The van der Waals surface area contributed by atoms with Crippen molar-refractivity contribution >= 4 is 21.7 Å². The molecule has 0 aliphatic carbocycles. The highest BCUT2D eigenvalue weighted by Crippen LogP contribution is 2.18. The van der Waals surface area contributed by atoms with Crippen molar-refractivity contribution < 1.29 is 4.39 Å². The minimum atomic E-state index is -0.158. The Labute approximate surface area is 108 Å². The standard InChI is InChI=1S/C13H12BrFN2/c14-11-5-3-8-16-13(11)17-9-7-10-4-1-2-6-12(10)15/h1-6,8H,7,9H2,(H,16,17). The minimum Gasteiger partial charge on any atom is -0.369 e. The van der Waals surface area contributed by atoms with Crippen LogP contribution in [0.3, 0.4) is 0 Å². The van der Waals surface area contributed by atoms with Crippen LogP contribution in [-0.4, -0.2) is 11.5 Å². The monoisotopic (exact) mass is 294 g/mol. The molecule has 1 aromatic carbocycles. The summed E-state index contributed by atoms with van der Waals surface area (Å²) >= 11 is 3.40. The number of pyridine rings is 1. The molecule has 2 aromatic rings. The van der Waals surface area contributed by atoms with Crippen LogP contribution >= 0.6 is 15.9 Å². The molecular weight excluding hydrogens is 283 g/mol. The highest BCUT2D eigenvalue weighted by atomic mass is 79.9. The largest absolute Gasteiger partial charge is 0.369 e. The maximum Gasteiger partial charge on any atom is 0.140 e. The first-order valence-corrected chi connectivity index (χ1v) is 6.14. The number of hydrogen-bond acceptors (Lipinski definition) is 2. The molecule has 0 saturated heterocycles. The number of nitrogens with one attached hydrogen (secondary N) is 1. The van der Waals surface area contributed by atoms with E-state index in [1.54, 1.807) is 18.3 Å².